The molecule has 0 saturated heterocycles. The Morgan fingerprint density at radius 2 is 1.93 bits per heavy atom. The maximum Gasteiger partial charge on any atom is 0.0739 e. The van der Waals surface area contributed by atoms with Gasteiger partial charge in [-0.05, 0) is 30.3 Å². The van der Waals surface area contributed by atoms with Gasteiger partial charge in [0.05, 0.1) is 11.2 Å². The molecule has 0 amide bonds. The van der Waals surface area contributed by atoms with Crippen molar-refractivity contribution in [3.8, 4) is 5.69 Å². The molecular formula is C12H9N3. The van der Waals surface area contributed by atoms with Gasteiger partial charge in [0.1, 0.15) is 0 Å². The Balaban J connectivity index is 2.36. The van der Waals surface area contributed by atoms with Gasteiger partial charge in [-0.25, -0.2) is 4.68 Å². The molecule has 0 unspecified atom stereocenters. The van der Waals surface area contributed by atoms with Gasteiger partial charge in [0, 0.05) is 24.0 Å². The molecule has 3 rings (SSSR count). The molecule has 3 aromatic rings. The molecule has 0 fully saturated rings. The van der Waals surface area contributed by atoms with Crippen molar-refractivity contribution in [2.75, 3.05) is 0 Å². The van der Waals surface area contributed by atoms with Gasteiger partial charge in [-0.15, -0.1) is 0 Å². The second kappa shape index (κ2) is 3.20. The van der Waals surface area contributed by atoms with Gasteiger partial charge < -0.3 is 0 Å². The van der Waals surface area contributed by atoms with E-state index < -0.39 is 0 Å². The third-order valence-corrected chi connectivity index (χ3v) is 2.37. The molecule has 3 nitrogen and oxygen atoms in total. The van der Waals surface area contributed by atoms with Gasteiger partial charge >= 0.3 is 0 Å². The van der Waals surface area contributed by atoms with Crippen molar-refractivity contribution in [1.82, 2.24) is 14.8 Å². The Morgan fingerprint density at radius 3 is 2.80 bits per heavy atom. The summed E-state index contributed by atoms with van der Waals surface area (Å²) < 4.78 is 1.85. The molecule has 2 aromatic heterocycles. The Kier molecular flexibility index (Phi) is 1.75. The first kappa shape index (κ1) is 8.17. The Morgan fingerprint density at radius 1 is 0.933 bits per heavy atom. The number of benzene rings is 1. The summed E-state index contributed by atoms with van der Waals surface area (Å²) in [5.74, 6) is 0. The number of hydrogen-bond donors (Lipinski definition) is 0. The second-order valence-electron chi connectivity index (χ2n) is 3.30. The molecule has 2 heterocycles. The smallest absolute Gasteiger partial charge is 0.0739 e. The summed E-state index contributed by atoms with van der Waals surface area (Å²) >= 11 is 0. The van der Waals surface area contributed by atoms with E-state index in [2.05, 4.69) is 16.1 Å². The summed E-state index contributed by atoms with van der Waals surface area (Å²) in [5.41, 5.74) is 2.05. The Bertz CT molecular complexity index is 579. The molecule has 0 atom stereocenters. The first-order valence-corrected chi connectivity index (χ1v) is 4.79. The van der Waals surface area contributed by atoms with Gasteiger partial charge in [0.25, 0.3) is 0 Å². The van der Waals surface area contributed by atoms with E-state index in [1.54, 1.807) is 12.4 Å². The summed E-state index contributed by atoms with van der Waals surface area (Å²) in [6.07, 6.45) is 5.51. The van der Waals surface area contributed by atoms with Crippen LogP contribution in [-0.2, 0) is 0 Å². The van der Waals surface area contributed by atoms with Crippen molar-refractivity contribution in [2.24, 2.45) is 0 Å². The van der Waals surface area contributed by atoms with Crippen molar-refractivity contribution in [1.29, 1.82) is 0 Å². The molecule has 0 aliphatic heterocycles. The molecule has 0 radical (unpaired) electrons. The SMILES string of the molecule is c1cc(-n2cccn2)c2cccnc2c1. The molecule has 0 aliphatic carbocycles. The van der Waals surface area contributed by atoms with Crippen LogP contribution in [0.4, 0.5) is 0 Å². The van der Waals surface area contributed by atoms with Crippen LogP contribution in [0.3, 0.4) is 0 Å². The van der Waals surface area contributed by atoms with Gasteiger partial charge in [-0.1, -0.05) is 6.07 Å². The first-order valence-electron chi connectivity index (χ1n) is 4.79. The predicted octanol–water partition coefficient (Wildman–Crippen LogP) is 2.42. The van der Waals surface area contributed by atoms with Crippen LogP contribution < -0.4 is 0 Å². The molecule has 0 saturated carbocycles. The number of hydrogen-bond acceptors (Lipinski definition) is 2. The normalized spacial score (nSPS) is 10.7. The average Bonchev–Trinajstić information content (AvgIpc) is 2.82. The number of nitrogens with zero attached hydrogens (tertiary/aromatic N) is 3. The van der Waals surface area contributed by atoms with E-state index in [9.17, 15) is 0 Å². The first-order chi connectivity index (χ1) is 7.45. The molecule has 0 aliphatic rings. The molecule has 0 bridgehead atoms. The predicted molar refractivity (Wildman–Crippen MR) is 58.9 cm³/mol. The lowest BCUT2D eigenvalue weighted by Gasteiger charge is -2.04. The van der Waals surface area contributed by atoms with E-state index in [-0.39, 0.29) is 0 Å². The van der Waals surface area contributed by atoms with Crippen molar-refractivity contribution < 1.29 is 0 Å². The number of pyridine rings is 1. The van der Waals surface area contributed by atoms with Crippen LogP contribution in [0.15, 0.2) is 55.0 Å². The molecule has 1 aromatic carbocycles. The monoisotopic (exact) mass is 195 g/mol. The molecule has 72 valence electrons. The lowest BCUT2D eigenvalue weighted by atomic mass is 10.2. The zero-order valence-electron chi connectivity index (χ0n) is 8.04. The van der Waals surface area contributed by atoms with Crippen LogP contribution in [0.1, 0.15) is 0 Å². The largest absolute Gasteiger partial charge is 0.256 e. The number of fused-ring (bicyclic) bond motifs is 1. The van der Waals surface area contributed by atoms with Crippen LogP contribution >= 0.6 is 0 Å². The highest BCUT2D eigenvalue weighted by Crippen LogP contribution is 2.19. The van der Waals surface area contributed by atoms with E-state index in [0.29, 0.717) is 0 Å². The molecule has 3 heteroatoms. The van der Waals surface area contributed by atoms with Crippen LogP contribution in [0.2, 0.25) is 0 Å². The second-order valence-corrected chi connectivity index (χ2v) is 3.30. The molecule has 15 heavy (non-hydrogen) atoms. The van der Waals surface area contributed by atoms with E-state index in [1.807, 2.05) is 41.2 Å². The number of aromatic nitrogens is 3. The Labute approximate surface area is 87.0 Å². The van der Waals surface area contributed by atoms with E-state index >= 15 is 0 Å². The minimum Gasteiger partial charge on any atom is -0.256 e. The van der Waals surface area contributed by atoms with Crippen molar-refractivity contribution in [2.45, 2.75) is 0 Å². The van der Waals surface area contributed by atoms with Crippen molar-refractivity contribution >= 4 is 10.9 Å². The average molecular weight is 195 g/mol. The molecule has 0 N–H and O–H groups in total. The van der Waals surface area contributed by atoms with Gasteiger partial charge in [0.15, 0.2) is 0 Å². The highest BCUT2D eigenvalue weighted by molar-refractivity contribution is 5.86. The lowest BCUT2D eigenvalue weighted by Crippen LogP contribution is -1.95. The summed E-state index contributed by atoms with van der Waals surface area (Å²) in [7, 11) is 0. The van der Waals surface area contributed by atoms with Gasteiger partial charge in [-0.3, -0.25) is 4.98 Å². The van der Waals surface area contributed by atoms with Gasteiger partial charge in [-0.2, -0.15) is 5.10 Å². The van der Waals surface area contributed by atoms with Crippen LogP contribution in [0.25, 0.3) is 16.6 Å². The Hall–Kier alpha value is -2.16. The topological polar surface area (TPSA) is 30.7 Å². The zero-order valence-corrected chi connectivity index (χ0v) is 8.04. The number of rotatable bonds is 1. The summed E-state index contributed by atoms with van der Waals surface area (Å²) in [6.45, 7) is 0. The van der Waals surface area contributed by atoms with Gasteiger partial charge in [0.2, 0.25) is 0 Å². The van der Waals surface area contributed by atoms with E-state index in [4.69, 9.17) is 0 Å². The lowest BCUT2D eigenvalue weighted by molar-refractivity contribution is 0.887. The fourth-order valence-electron chi connectivity index (χ4n) is 1.70. The minimum absolute atomic E-state index is 0.991. The zero-order chi connectivity index (χ0) is 10.1. The molecule has 0 spiro atoms. The standard InChI is InChI=1S/C12H9N3/c1-5-11-10(4-2-7-13-11)12(6-1)15-9-3-8-14-15/h1-9H. The minimum atomic E-state index is 0.991. The van der Waals surface area contributed by atoms with E-state index in [1.165, 1.54) is 0 Å². The highest BCUT2D eigenvalue weighted by Gasteiger charge is 2.02. The quantitative estimate of drug-likeness (QED) is 0.597. The summed E-state index contributed by atoms with van der Waals surface area (Å²) in [5, 5.41) is 5.34. The summed E-state index contributed by atoms with van der Waals surface area (Å²) in [4.78, 5) is 4.31. The fourth-order valence-corrected chi connectivity index (χ4v) is 1.70. The maximum absolute atomic E-state index is 4.31. The summed E-state index contributed by atoms with van der Waals surface area (Å²) in [6, 6.07) is 11.9. The third-order valence-electron chi connectivity index (χ3n) is 2.37. The van der Waals surface area contributed by atoms with Crippen LogP contribution in [-0.4, -0.2) is 14.8 Å². The molecular weight excluding hydrogens is 186 g/mol. The fraction of sp³-hybridized carbons (Fsp3) is 0. The van der Waals surface area contributed by atoms with E-state index in [0.717, 1.165) is 16.6 Å². The van der Waals surface area contributed by atoms with Crippen molar-refractivity contribution in [3.63, 3.8) is 0 Å². The third kappa shape index (κ3) is 1.29. The maximum atomic E-state index is 4.31. The van der Waals surface area contributed by atoms with Crippen molar-refractivity contribution in [3.05, 3.63) is 55.0 Å². The van der Waals surface area contributed by atoms with Crippen LogP contribution in [0.5, 0.6) is 0 Å². The highest BCUT2D eigenvalue weighted by atomic mass is 15.3. The van der Waals surface area contributed by atoms with Crippen LogP contribution in [0, 0.1) is 0 Å².